The van der Waals surface area contributed by atoms with E-state index < -0.39 is 10.0 Å². The van der Waals surface area contributed by atoms with Crippen LogP contribution in [0.1, 0.15) is 25.1 Å². The fourth-order valence-corrected chi connectivity index (χ4v) is 5.53. The van der Waals surface area contributed by atoms with Crippen LogP contribution in [-0.4, -0.2) is 19.6 Å². The Morgan fingerprint density at radius 3 is 2.65 bits per heavy atom. The molecule has 1 atom stereocenters. The fourth-order valence-electron chi connectivity index (χ4n) is 1.58. The van der Waals surface area contributed by atoms with E-state index in [1.54, 1.807) is 0 Å². The van der Waals surface area contributed by atoms with Gasteiger partial charge in [-0.3, -0.25) is 0 Å². The van der Waals surface area contributed by atoms with Crippen LogP contribution in [0.2, 0.25) is 0 Å². The Kier molecular flexibility index (Phi) is 3.42. The van der Waals surface area contributed by atoms with Gasteiger partial charge >= 0.3 is 0 Å². The Morgan fingerprint density at radius 2 is 2.24 bits per heavy atom. The van der Waals surface area contributed by atoms with Gasteiger partial charge in [-0.05, 0) is 33.8 Å². The number of halogens is 1. The third-order valence-electron chi connectivity index (χ3n) is 2.96. The van der Waals surface area contributed by atoms with E-state index in [1.807, 2.05) is 13.8 Å². The van der Waals surface area contributed by atoms with E-state index in [-0.39, 0.29) is 23.0 Å². The molecule has 1 aromatic heterocycles. The predicted molar refractivity (Wildman–Crippen MR) is 70.4 cm³/mol. The predicted octanol–water partition coefficient (Wildman–Crippen LogP) is 2.08. The zero-order chi connectivity index (χ0) is 12.8. The van der Waals surface area contributed by atoms with Gasteiger partial charge in [-0.1, -0.05) is 13.8 Å². The van der Waals surface area contributed by atoms with Crippen LogP contribution < -0.4 is 4.72 Å². The molecule has 1 aliphatic rings. The molecule has 4 nitrogen and oxygen atoms in total. The van der Waals surface area contributed by atoms with Crippen molar-refractivity contribution in [2.45, 2.75) is 37.8 Å². The summed E-state index contributed by atoms with van der Waals surface area (Å²) in [5.74, 6) is 0. The van der Waals surface area contributed by atoms with E-state index in [0.29, 0.717) is 8.66 Å². The molecule has 0 bridgehead atoms. The van der Waals surface area contributed by atoms with Crippen LogP contribution in [-0.2, 0) is 16.6 Å². The van der Waals surface area contributed by atoms with E-state index in [4.69, 9.17) is 5.11 Å². The van der Waals surface area contributed by atoms with Crippen LogP contribution in [0.4, 0.5) is 0 Å². The molecule has 1 aromatic rings. The smallest absolute Gasteiger partial charge is 0.242 e. The van der Waals surface area contributed by atoms with Crippen molar-refractivity contribution < 1.29 is 13.5 Å². The lowest BCUT2D eigenvalue weighted by Crippen LogP contribution is -2.28. The number of aliphatic hydroxyl groups is 1. The van der Waals surface area contributed by atoms with Crippen molar-refractivity contribution in [1.82, 2.24) is 4.72 Å². The van der Waals surface area contributed by atoms with Crippen LogP contribution >= 0.6 is 27.3 Å². The molecule has 17 heavy (non-hydrogen) atoms. The standard InChI is InChI=1S/C10H14BrNO3S2/c1-10(2)4-8(10)12-17(14,15)7-3-6(5-13)16-9(7)11/h3,8,12-13H,4-5H2,1-2H3. The van der Waals surface area contributed by atoms with Crippen molar-refractivity contribution >= 4 is 37.3 Å². The molecule has 1 fully saturated rings. The van der Waals surface area contributed by atoms with Gasteiger partial charge in [0, 0.05) is 10.9 Å². The third-order valence-corrected chi connectivity index (χ3v) is 6.67. The van der Waals surface area contributed by atoms with Crippen LogP contribution in [0, 0.1) is 5.41 Å². The average molecular weight is 340 g/mol. The summed E-state index contributed by atoms with van der Waals surface area (Å²) in [4.78, 5) is 0.849. The van der Waals surface area contributed by atoms with Crippen molar-refractivity contribution in [1.29, 1.82) is 0 Å². The summed E-state index contributed by atoms with van der Waals surface area (Å²) < 4.78 is 27.4. The molecule has 1 saturated carbocycles. The molecule has 2 rings (SSSR count). The number of aliphatic hydroxyl groups excluding tert-OH is 1. The van der Waals surface area contributed by atoms with Crippen LogP contribution in [0.15, 0.2) is 14.7 Å². The maximum Gasteiger partial charge on any atom is 0.242 e. The van der Waals surface area contributed by atoms with E-state index in [1.165, 1.54) is 17.4 Å². The van der Waals surface area contributed by atoms with Gasteiger partial charge in [0.1, 0.15) is 4.90 Å². The van der Waals surface area contributed by atoms with Crippen LogP contribution in [0.3, 0.4) is 0 Å². The molecule has 0 saturated heterocycles. The Hall–Kier alpha value is 0.0500. The zero-order valence-electron chi connectivity index (χ0n) is 9.53. The quantitative estimate of drug-likeness (QED) is 0.882. The first kappa shape index (κ1) is 13.5. The highest BCUT2D eigenvalue weighted by molar-refractivity contribution is 9.11. The minimum atomic E-state index is -3.49. The summed E-state index contributed by atoms with van der Waals surface area (Å²) >= 11 is 4.46. The SMILES string of the molecule is CC1(C)CC1NS(=O)(=O)c1cc(CO)sc1Br. The van der Waals surface area contributed by atoms with Gasteiger partial charge in [0.25, 0.3) is 0 Å². The van der Waals surface area contributed by atoms with Gasteiger partial charge in [-0.25, -0.2) is 13.1 Å². The van der Waals surface area contributed by atoms with E-state index in [2.05, 4.69) is 20.7 Å². The van der Waals surface area contributed by atoms with Gasteiger partial charge in [0.15, 0.2) is 0 Å². The summed E-state index contributed by atoms with van der Waals surface area (Å²) in [7, 11) is -3.49. The van der Waals surface area contributed by atoms with Crippen LogP contribution in [0.5, 0.6) is 0 Å². The average Bonchev–Trinajstić information content (AvgIpc) is 2.62. The van der Waals surface area contributed by atoms with Gasteiger partial charge < -0.3 is 5.11 Å². The largest absolute Gasteiger partial charge is 0.391 e. The lowest BCUT2D eigenvalue weighted by molar-refractivity contribution is 0.285. The molecule has 0 radical (unpaired) electrons. The summed E-state index contributed by atoms with van der Waals surface area (Å²) in [6.07, 6.45) is 0.862. The second-order valence-corrected chi connectivity index (χ2v) is 9.01. The number of thiophene rings is 1. The molecule has 96 valence electrons. The number of hydrogen-bond acceptors (Lipinski definition) is 4. The lowest BCUT2D eigenvalue weighted by atomic mass is 10.2. The monoisotopic (exact) mass is 339 g/mol. The van der Waals surface area contributed by atoms with Crippen molar-refractivity contribution in [3.63, 3.8) is 0 Å². The van der Waals surface area contributed by atoms with E-state index in [9.17, 15) is 8.42 Å². The van der Waals surface area contributed by atoms with Gasteiger partial charge in [0.2, 0.25) is 10.0 Å². The van der Waals surface area contributed by atoms with Crippen molar-refractivity contribution in [3.05, 3.63) is 14.7 Å². The molecule has 0 spiro atoms. The Balaban J connectivity index is 2.23. The normalized spacial score (nSPS) is 22.7. The molecule has 0 amide bonds. The summed E-state index contributed by atoms with van der Waals surface area (Å²) in [6, 6.07) is 1.52. The van der Waals surface area contributed by atoms with Crippen molar-refractivity contribution in [2.75, 3.05) is 0 Å². The summed E-state index contributed by atoms with van der Waals surface area (Å²) in [5.41, 5.74) is 0.0510. The Morgan fingerprint density at radius 1 is 1.65 bits per heavy atom. The molecule has 2 N–H and O–H groups in total. The molecule has 0 aromatic carbocycles. The van der Waals surface area contributed by atoms with Gasteiger partial charge in [-0.15, -0.1) is 11.3 Å². The lowest BCUT2D eigenvalue weighted by Gasteiger charge is -2.07. The Labute approximate surface area is 113 Å². The van der Waals surface area contributed by atoms with Crippen molar-refractivity contribution in [3.8, 4) is 0 Å². The topological polar surface area (TPSA) is 66.4 Å². The maximum atomic E-state index is 12.1. The minimum absolute atomic E-state index is 0.0110. The number of sulfonamides is 1. The number of nitrogens with one attached hydrogen (secondary N) is 1. The first-order chi connectivity index (χ1) is 7.76. The summed E-state index contributed by atoms with van der Waals surface area (Å²) in [6.45, 7) is 3.91. The molecule has 0 aliphatic heterocycles. The highest BCUT2D eigenvalue weighted by atomic mass is 79.9. The molecular formula is C10H14BrNO3S2. The molecule has 1 aliphatic carbocycles. The highest BCUT2D eigenvalue weighted by Gasteiger charge is 2.48. The van der Waals surface area contributed by atoms with Crippen molar-refractivity contribution in [2.24, 2.45) is 5.41 Å². The fraction of sp³-hybridized carbons (Fsp3) is 0.600. The van der Waals surface area contributed by atoms with Gasteiger partial charge in [-0.2, -0.15) is 0 Å². The Bertz CT molecular complexity index is 536. The first-order valence-corrected chi connectivity index (χ1v) is 8.27. The second kappa shape index (κ2) is 4.31. The molecule has 1 heterocycles. The van der Waals surface area contributed by atoms with E-state index in [0.717, 1.165) is 6.42 Å². The molecular weight excluding hydrogens is 326 g/mol. The molecule has 7 heteroatoms. The maximum absolute atomic E-state index is 12.1. The highest BCUT2D eigenvalue weighted by Crippen LogP contribution is 2.45. The number of rotatable bonds is 4. The zero-order valence-corrected chi connectivity index (χ0v) is 12.7. The van der Waals surface area contributed by atoms with E-state index >= 15 is 0 Å². The second-order valence-electron chi connectivity index (χ2n) is 4.88. The first-order valence-electron chi connectivity index (χ1n) is 5.18. The summed E-state index contributed by atoms with van der Waals surface area (Å²) in [5, 5.41) is 8.99. The molecule has 1 unspecified atom stereocenters. The third kappa shape index (κ3) is 2.73. The number of hydrogen-bond donors (Lipinski definition) is 2. The minimum Gasteiger partial charge on any atom is -0.391 e. The van der Waals surface area contributed by atoms with Gasteiger partial charge in [0.05, 0.1) is 10.4 Å². The van der Waals surface area contributed by atoms with Crippen LogP contribution in [0.25, 0.3) is 0 Å².